The fraction of sp³-hybridized carbons (Fsp3) is 0.571. The van der Waals surface area contributed by atoms with Gasteiger partial charge in [-0.25, -0.2) is 0 Å². The molecule has 1 aromatic rings. The number of nitrogens with zero attached hydrogens (tertiary/aromatic N) is 1. The fourth-order valence-electron chi connectivity index (χ4n) is 1.89. The maximum Gasteiger partial charge on any atom is 0.288 e. The molecule has 1 aromatic carbocycles. The fourth-order valence-corrected chi connectivity index (χ4v) is 2.21. The first-order valence-electron chi connectivity index (χ1n) is 6.91. The molecular weight excluding hydrogens is 282 g/mol. The number of anilines is 1. The summed E-state index contributed by atoms with van der Waals surface area (Å²) in [6.07, 6.45) is 4.46. The van der Waals surface area contributed by atoms with Gasteiger partial charge in [0.05, 0.1) is 0 Å². The Hall–Kier alpha value is -1.01. The lowest BCUT2D eigenvalue weighted by molar-refractivity contribution is -1.91. The molecule has 0 aliphatic heterocycles. The van der Waals surface area contributed by atoms with Gasteiger partial charge in [-0.3, -0.25) is 0 Å². The third-order valence-electron chi connectivity index (χ3n) is 2.95. The maximum atomic E-state index is 10.5. The Balaban J connectivity index is 2.70. The van der Waals surface area contributed by atoms with Crippen LogP contribution in [-0.2, 0) is 0 Å². The molecule has 0 bridgehead atoms. The molecule has 1 rings (SSSR count). The monoisotopic (exact) mass is 303 g/mol. The summed E-state index contributed by atoms with van der Waals surface area (Å²) in [6.45, 7) is 6.23. The first-order chi connectivity index (χ1) is 9.46. The highest BCUT2D eigenvalue weighted by Gasteiger charge is 2.19. The van der Waals surface area contributed by atoms with Crippen LogP contribution < -0.4 is 23.2 Å². The molecule has 0 aliphatic carbocycles. The van der Waals surface area contributed by atoms with Crippen LogP contribution in [0.15, 0.2) is 24.3 Å². The van der Waals surface area contributed by atoms with Crippen molar-refractivity contribution in [3.63, 3.8) is 0 Å². The van der Waals surface area contributed by atoms with Crippen molar-refractivity contribution in [2.45, 2.75) is 39.5 Å². The van der Waals surface area contributed by atoms with Crippen LogP contribution in [0, 0.1) is 10.2 Å². The summed E-state index contributed by atoms with van der Waals surface area (Å²) in [5.41, 5.74) is 1.01. The van der Waals surface area contributed by atoms with Crippen LogP contribution >= 0.6 is 0 Å². The quantitative estimate of drug-likeness (QED) is 0.658. The summed E-state index contributed by atoms with van der Waals surface area (Å²) in [5.74, 6) is 0.0383. The number of halogens is 1. The molecule has 6 heteroatoms. The highest BCUT2D eigenvalue weighted by atomic mass is 35.7. The van der Waals surface area contributed by atoms with E-state index in [-0.39, 0.29) is 5.75 Å². The van der Waals surface area contributed by atoms with Crippen molar-refractivity contribution >= 4 is 5.69 Å². The zero-order valence-corrected chi connectivity index (χ0v) is 12.8. The average molecular weight is 304 g/mol. The highest BCUT2D eigenvalue weighted by Crippen LogP contribution is 2.21. The summed E-state index contributed by atoms with van der Waals surface area (Å²) < 4.78 is 35.7. The molecule has 114 valence electrons. The lowest BCUT2D eigenvalue weighted by Crippen LogP contribution is -2.63. The van der Waals surface area contributed by atoms with E-state index in [0.717, 1.165) is 44.5 Å². The van der Waals surface area contributed by atoms with E-state index < -0.39 is 10.2 Å². The number of benzene rings is 1. The number of hydrogen-bond donors (Lipinski definition) is 0. The first-order valence-corrected chi connectivity index (χ1v) is 8.15. The topological polar surface area (TPSA) is 81.7 Å². The molecule has 0 amide bonds. The van der Waals surface area contributed by atoms with Crippen LogP contribution in [0.2, 0.25) is 0 Å². The van der Waals surface area contributed by atoms with Gasteiger partial charge < -0.3 is 4.90 Å². The van der Waals surface area contributed by atoms with Gasteiger partial charge in [0, 0.05) is 18.8 Å². The summed E-state index contributed by atoms with van der Waals surface area (Å²) in [5, 5.41) is 0. The largest absolute Gasteiger partial charge is 0.372 e. The third-order valence-corrected chi connectivity index (χ3v) is 3.32. The maximum absolute atomic E-state index is 10.5. The Labute approximate surface area is 122 Å². The second kappa shape index (κ2) is 8.32. The number of unbranched alkanes of at least 4 members (excludes halogenated alkanes) is 2. The van der Waals surface area contributed by atoms with Crippen molar-refractivity contribution in [1.29, 1.82) is 0 Å². The molecule has 0 atom stereocenters. The van der Waals surface area contributed by atoms with Gasteiger partial charge in [0.25, 0.3) is 5.75 Å². The molecule has 0 radical (unpaired) electrons. The Kier molecular flexibility index (Phi) is 7.09. The molecular formula is C14H22ClNO4. The van der Waals surface area contributed by atoms with Gasteiger partial charge in [-0.05, 0) is 37.1 Å². The molecule has 0 saturated heterocycles. The molecule has 0 aliphatic rings. The van der Waals surface area contributed by atoms with Crippen molar-refractivity contribution in [3.8, 4) is 5.75 Å². The van der Waals surface area contributed by atoms with Gasteiger partial charge in [0.1, 0.15) is 10.2 Å². The predicted molar refractivity (Wildman–Crippen MR) is 69.1 cm³/mol. The number of rotatable bonds is 9. The standard InChI is InChI=1S/C14H22ClNO4/c1-3-5-11-16(12-6-4-2)13-7-9-14(10-8-13)20-15(17,18)19/h7-10H,3-6,11-12H2,1-2H3. The van der Waals surface area contributed by atoms with Crippen molar-refractivity contribution in [1.82, 2.24) is 0 Å². The van der Waals surface area contributed by atoms with E-state index in [1.807, 2.05) is 0 Å². The molecule has 0 N–H and O–H groups in total. The molecule has 0 aromatic heterocycles. The van der Waals surface area contributed by atoms with E-state index in [4.69, 9.17) is 0 Å². The van der Waals surface area contributed by atoms with E-state index in [1.165, 1.54) is 12.1 Å². The highest BCUT2D eigenvalue weighted by molar-refractivity contribution is 5.48. The van der Waals surface area contributed by atoms with Crippen LogP contribution in [0.1, 0.15) is 39.5 Å². The molecule has 20 heavy (non-hydrogen) atoms. The van der Waals surface area contributed by atoms with E-state index >= 15 is 0 Å². The predicted octanol–water partition coefficient (Wildman–Crippen LogP) is 0.369. The van der Waals surface area contributed by atoms with Crippen LogP contribution in [-0.4, -0.2) is 13.1 Å². The second-order valence-corrected chi connectivity index (χ2v) is 5.55. The second-order valence-electron chi connectivity index (χ2n) is 4.64. The van der Waals surface area contributed by atoms with E-state index in [0.29, 0.717) is 0 Å². The molecule has 0 unspecified atom stereocenters. The van der Waals surface area contributed by atoms with Crippen molar-refractivity contribution in [2.24, 2.45) is 0 Å². The van der Waals surface area contributed by atoms with Gasteiger partial charge in [0.15, 0.2) is 0 Å². The smallest absolute Gasteiger partial charge is 0.288 e. The summed E-state index contributed by atoms with van der Waals surface area (Å²) >= 11 is 0. The van der Waals surface area contributed by atoms with Crippen LogP contribution in [0.5, 0.6) is 5.75 Å². The first kappa shape index (κ1) is 17.0. The van der Waals surface area contributed by atoms with E-state index in [2.05, 4.69) is 23.0 Å². The Morgan fingerprint density at radius 1 is 0.950 bits per heavy atom. The molecule has 0 saturated carbocycles. The minimum atomic E-state index is -4.43. The normalized spacial score (nSPS) is 11.4. The van der Waals surface area contributed by atoms with Crippen molar-refractivity contribution in [3.05, 3.63) is 24.3 Å². The number of hydrogen-bond acceptors (Lipinski definition) is 5. The summed E-state index contributed by atoms with van der Waals surface area (Å²) in [7, 11) is -4.43. The minimum absolute atomic E-state index is 0.0383. The van der Waals surface area contributed by atoms with Gasteiger partial charge in [-0.2, -0.15) is 14.0 Å². The Bertz CT molecular complexity index is 370. The van der Waals surface area contributed by atoms with Crippen molar-refractivity contribution < 1.29 is 28.5 Å². The molecule has 5 nitrogen and oxygen atoms in total. The van der Waals surface area contributed by atoms with Crippen molar-refractivity contribution in [2.75, 3.05) is 18.0 Å². The molecule has 0 heterocycles. The summed E-state index contributed by atoms with van der Waals surface area (Å²) in [6, 6.07) is 6.56. The minimum Gasteiger partial charge on any atom is -0.372 e. The van der Waals surface area contributed by atoms with Crippen LogP contribution in [0.25, 0.3) is 0 Å². The van der Waals surface area contributed by atoms with Crippen LogP contribution in [0.3, 0.4) is 0 Å². The Morgan fingerprint density at radius 3 is 1.85 bits per heavy atom. The zero-order valence-electron chi connectivity index (χ0n) is 12.0. The van der Waals surface area contributed by atoms with E-state index in [1.54, 1.807) is 12.1 Å². The molecule has 0 fully saturated rings. The van der Waals surface area contributed by atoms with Crippen LogP contribution in [0.4, 0.5) is 5.69 Å². The average Bonchev–Trinajstić information content (AvgIpc) is 2.38. The lowest BCUT2D eigenvalue weighted by Gasteiger charge is -2.24. The Morgan fingerprint density at radius 2 is 1.45 bits per heavy atom. The van der Waals surface area contributed by atoms with Gasteiger partial charge in [-0.15, -0.1) is 0 Å². The van der Waals surface area contributed by atoms with Gasteiger partial charge in [-0.1, -0.05) is 31.0 Å². The van der Waals surface area contributed by atoms with Gasteiger partial charge in [0.2, 0.25) is 0 Å². The summed E-state index contributed by atoms with van der Waals surface area (Å²) in [4.78, 5) is 2.26. The molecule has 0 spiro atoms. The SMILES string of the molecule is CCCCN(CCCC)c1ccc(O[Cl+3]([O-])([O-])[O-])cc1. The van der Waals surface area contributed by atoms with E-state index in [9.17, 15) is 14.0 Å². The zero-order chi connectivity index (χ0) is 15.0. The van der Waals surface area contributed by atoms with Gasteiger partial charge >= 0.3 is 0 Å². The third kappa shape index (κ3) is 6.43. The lowest BCUT2D eigenvalue weighted by atomic mass is 10.2.